The monoisotopic (exact) mass is 250 g/mol. The fourth-order valence-electron chi connectivity index (χ4n) is 3.00. The Hall–Kier alpha value is -1.29. The van der Waals surface area contributed by atoms with Gasteiger partial charge in [0, 0.05) is 6.04 Å². The zero-order valence-corrected chi connectivity index (χ0v) is 11.3. The Morgan fingerprint density at radius 2 is 2.28 bits per heavy atom. The molecule has 18 heavy (non-hydrogen) atoms. The molecule has 4 heteroatoms. The van der Waals surface area contributed by atoms with Crippen LogP contribution in [0.2, 0.25) is 0 Å². The smallest absolute Gasteiger partial charge is 0.251 e. The van der Waals surface area contributed by atoms with Gasteiger partial charge in [0.05, 0.1) is 12.1 Å². The van der Waals surface area contributed by atoms with Crippen LogP contribution in [0.15, 0.2) is 16.7 Å². The molecule has 0 bridgehead atoms. The topological polar surface area (TPSA) is 68.3 Å². The number of primary amides is 1. The average molecular weight is 250 g/mol. The molecular formula is C14H22N2O2. The van der Waals surface area contributed by atoms with Gasteiger partial charge in [-0.2, -0.15) is 0 Å². The Balaban J connectivity index is 1.90. The van der Waals surface area contributed by atoms with Crippen molar-refractivity contribution in [2.24, 2.45) is 17.1 Å². The van der Waals surface area contributed by atoms with Crippen molar-refractivity contribution < 1.29 is 9.21 Å². The Bertz CT molecular complexity index is 437. The predicted octanol–water partition coefficient (Wildman–Crippen LogP) is 2.29. The third kappa shape index (κ3) is 2.93. The highest BCUT2D eigenvalue weighted by atomic mass is 16.3. The van der Waals surface area contributed by atoms with E-state index in [-0.39, 0.29) is 0 Å². The summed E-state index contributed by atoms with van der Waals surface area (Å²) in [6, 6.07) is 2.22. The summed E-state index contributed by atoms with van der Waals surface area (Å²) in [5.74, 6) is 0.992. The maximum absolute atomic E-state index is 11.0. The van der Waals surface area contributed by atoms with E-state index >= 15 is 0 Å². The molecule has 0 radical (unpaired) electrons. The molecule has 2 rings (SSSR count). The summed E-state index contributed by atoms with van der Waals surface area (Å²) in [7, 11) is 0. The molecule has 0 aromatic carbocycles. The van der Waals surface area contributed by atoms with Crippen LogP contribution >= 0.6 is 0 Å². The molecule has 0 saturated heterocycles. The van der Waals surface area contributed by atoms with Gasteiger partial charge >= 0.3 is 0 Å². The van der Waals surface area contributed by atoms with E-state index in [2.05, 4.69) is 26.1 Å². The second-order valence-corrected chi connectivity index (χ2v) is 6.20. The first-order valence-corrected chi connectivity index (χ1v) is 6.48. The van der Waals surface area contributed by atoms with Crippen LogP contribution in [-0.2, 0) is 6.54 Å². The van der Waals surface area contributed by atoms with Gasteiger partial charge in [-0.15, -0.1) is 0 Å². The third-order valence-electron chi connectivity index (χ3n) is 3.81. The SMILES string of the molecule is CC1CC(C)(C)CC1NCc1cc(C(N)=O)co1. The van der Waals surface area contributed by atoms with Gasteiger partial charge in [-0.3, -0.25) is 4.79 Å². The summed E-state index contributed by atoms with van der Waals surface area (Å²) in [5.41, 5.74) is 6.04. The van der Waals surface area contributed by atoms with Crippen molar-refractivity contribution in [3.63, 3.8) is 0 Å². The number of hydrogen-bond acceptors (Lipinski definition) is 3. The third-order valence-corrected chi connectivity index (χ3v) is 3.81. The lowest BCUT2D eigenvalue weighted by Crippen LogP contribution is -2.30. The molecular weight excluding hydrogens is 228 g/mol. The van der Waals surface area contributed by atoms with Gasteiger partial charge in [0.2, 0.25) is 0 Å². The lowest BCUT2D eigenvalue weighted by Gasteiger charge is -2.17. The van der Waals surface area contributed by atoms with Crippen molar-refractivity contribution in [3.05, 3.63) is 23.7 Å². The van der Waals surface area contributed by atoms with Gasteiger partial charge in [-0.05, 0) is 30.2 Å². The fourth-order valence-corrected chi connectivity index (χ4v) is 3.00. The molecule has 1 saturated carbocycles. The summed E-state index contributed by atoms with van der Waals surface area (Å²) in [4.78, 5) is 11.0. The van der Waals surface area contributed by atoms with E-state index in [1.165, 1.54) is 19.1 Å². The summed E-state index contributed by atoms with van der Waals surface area (Å²) >= 11 is 0. The molecule has 2 atom stereocenters. The molecule has 1 amide bonds. The molecule has 3 N–H and O–H groups in total. The summed E-state index contributed by atoms with van der Waals surface area (Å²) in [6.45, 7) is 7.55. The number of rotatable bonds is 4. The minimum Gasteiger partial charge on any atom is -0.467 e. The van der Waals surface area contributed by atoms with Crippen molar-refractivity contribution in [1.82, 2.24) is 5.32 Å². The van der Waals surface area contributed by atoms with Crippen molar-refractivity contribution in [2.75, 3.05) is 0 Å². The molecule has 1 aromatic rings. The highest BCUT2D eigenvalue weighted by molar-refractivity contribution is 5.92. The Kier molecular flexibility index (Phi) is 3.48. The van der Waals surface area contributed by atoms with E-state index in [9.17, 15) is 4.79 Å². The van der Waals surface area contributed by atoms with E-state index in [1.807, 2.05) is 0 Å². The zero-order chi connectivity index (χ0) is 13.3. The first-order chi connectivity index (χ1) is 8.37. The van der Waals surface area contributed by atoms with E-state index in [0.29, 0.717) is 29.5 Å². The number of nitrogens with two attached hydrogens (primary N) is 1. The molecule has 1 heterocycles. The van der Waals surface area contributed by atoms with Crippen LogP contribution in [0.4, 0.5) is 0 Å². The summed E-state index contributed by atoms with van der Waals surface area (Å²) in [6.07, 6.45) is 3.84. The fraction of sp³-hybridized carbons (Fsp3) is 0.643. The molecule has 1 aliphatic carbocycles. The first kappa shape index (κ1) is 13.1. The van der Waals surface area contributed by atoms with Gasteiger partial charge < -0.3 is 15.5 Å². The van der Waals surface area contributed by atoms with E-state index in [4.69, 9.17) is 10.2 Å². The van der Waals surface area contributed by atoms with E-state index in [1.54, 1.807) is 6.07 Å². The van der Waals surface area contributed by atoms with Crippen molar-refractivity contribution in [1.29, 1.82) is 0 Å². The number of furan rings is 1. The number of carbonyl (C=O) groups is 1. The molecule has 0 aliphatic heterocycles. The number of amides is 1. The highest BCUT2D eigenvalue weighted by Gasteiger charge is 2.36. The van der Waals surface area contributed by atoms with Gasteiger partial charge in [-0.25, -0.2) is 0 Å². The van der Waals surface area contributed by atoms with Crippen LogP contribution in [0.25, 0.3) is 0 Å². The van der Waals surface area contributed by atoms with Crippen LogP contribution in [0, 0.1) is 11.3 Å². The quantitative estimate of drug-likeness (QED) is 0.861. The molecule has 100 valence electrons. The van der Waals surface area contributed by atoms with Crippen molar-refractivity contribution >= 4 is 5.91 Å². The highest BCUT2D eigenvalue weighted by Crippen LogP contribution is 2.40. The number of carbonyl (C=O) groups excluding carboxylic acids is 1. The molecule has 4 nitrogen and oxygen atoms in total. The van der Waals surface area contributed by atoms with Crippen LogP contribution in [0.1, 0.15) is 49.7 Å². The lowest BCUT2D eigenvalue weighted by molar-refractivity contribution is 0.0999. The summed E-state index contributed by atoms with van der Waals surface area (Å²) in [5, 5.41) is 3.51. The minimum atomic E-state index is -0.444. The van der Waals surface area contributed by atoms with Gasteiger partial charge in [-0.1, -0.05) is 20.8 Å². The predicted molar refractivity (Wildman–Crippen MR) is 70.0 cm³/mol. The second-order valence-electron chi connectivity index (χ2n) is 6.20. The van der Waals surface area contributed by atoms with Gasteiger partial charge in [0.15, 0.2) is 0 Å². The average Bonchev–Trinajstić information content (AvgIpc) is 2.80. The van der Waals surface area contributed by atoms with Gasteiger partial charge in [0.25, 0.3) is 5.91 Å². The molecule has 1 fully saturated rings. The maximum atomic E-state index is 11.0. The second kappa shape index (κ2) is 4.76. The Morgan fingerprint density at radius 3 is 2.78 bits per heavy atom. The largest absolute Gasteiger partial charge is 0.467 e. The van der Waals surface area contributed by atoms with Crippen molar-refractivity contribution in [2.45, 2.75) is 46.2 Å². The molecule has 1 aromatic heterocycles. The number of nitrogens with one attached hydrogen (secondary N) is 1. The van der Waals surface area contributed by atoms with Gasteiger partial charge in [0.1, 0.15) is 12.0 Å². The zero-order valence-electron chi connectivity index (χ0n) is 11.3. The molecule has 0 spiro atoms. The standard InChI is InChI=1S/C14H22N2O2/c1-9-5-14(2,3)6-12(9)16-7-11-4-10(8-18-11)13(15)17/h4,8-9,12,16H,5-7H2,1-3H3,(H2,15,17). The van der Waals surface area contributed by atoms with Crippen molar-refractivity contribution in [3.8, 4) is 0 Å². The lowest BCUT2D eigenvalue weighted by atomic mass is 9.91. The van der Waals surface area contributed by atoms with Crippen LogP contribution in [0.5, 0.6) is 0 Å². The van der Waals surface area contributed by atoms with Crippen LogP contribution in [0.3, 0.4) is 0 Å². The van der Waals surface area contributed by atoms with Crippen LogP contribution < -0.4 is 11.1 Å². The Morgan fingerprint density at radius 1 is 1.56 bits per heavy atom. The molecule has 1 aliphatic rings. The maximum Gasteiger partial charge on any atom is 0.251 e. The summed E-state index contributed by atoms with van der Waals surface area (Å²) < 4.78 is 5.31. The molecule has 2 unspecified atom stereocenters. The minimum absolute atomic E-state index is 0.415. The van der Waals surface area contributed by atoms with Crippen LogP contribution in [-0.4, -0.2) is 11.9 Å². The normalized spacial score (nSPS) is 26.4. The van der Waals surface area contributed by atoms with E-state index in [0.717, 1.165) is 5.76 Å². The Labute approximate surface area is 108 Å². The first-order valence-electron chi connectivity index (χ1n) is 6.48. The van der Waals surface area contributed by atoms with E-state index < -0.39 is 5.91 Å². The number of hydrogen-bond donors (Lipinski definition) is 2.